The highest BCUT2D eigenvalue weighted by Crippen LogP contribution is 2.40. The van der Waals surface area contributed by atoms with Gasteiger partial charge in [0, 0.05) is 23.8 Å². The van der Waals surface area contributed by atoms with E-state index < -0.39 is 0 Å². The number of anilines is 1. The van der Waals surface area contributed by atoms with Gasteiger partial charge < -0.3 is 15.4 Å². The average molecular weight is 345 g/mol. The van der Waals surface area contributed by atoms with E-state index in [4.69, 9.17) is 22.1 Å². The summed E-state index contributed by atoms with van der Waals surface area (Å²) in [6.45, 7) is 9.65. The lowest BCUT2D eigenvalue weighted by atomic mass is 10.0. The molecule has 1 aliphatic rings. The van der Waals surface area contributed by atoms with Crippen LogP contribution in [0, 0.1) is 6.92 Å². The van der Waals surface area contributed by atoms with Gasteiger partial charge in [0.15, 0.2) is 0 Å². The smallest absolute Gasteiger partial charge is 0.120 e. The molecule has 0 spiro atoms. The van der Waals surface area contributed by atoms with Crippen molar-refractivity contribution in [1.82, 2.24) is 0 Å². The monoisotopic (exact) mass is 344 g/mol. The number of nitrogens with zero attached hydrogens (tertiary/aromatic N) is 1. The van der Waals surface area contributed by atoms with Gasteiger partial charge in [-0.1, -0.05) is 17.7 Å². The van der Waals surface area contributed by atoms with E-state index >= 15 is 0 Å². The first kappa shape index (κ1) is 17.1. The van der Waals surface area contributed by atoms with Gasteiger partial charge in [0.1, 0.15) is 11.4 Å². The van der Waals surface area contributed by atoms with Gasteiger partial charge >= 0.3 is 0 Å². The zero-order valence-electron chi connectivity index (χ0n) is 14.8. The molecule has 128 valence electrons. The van der Waals surface area contributed by atoms with E-state index in [2.05, 4.69) is 50.8 Å². The number of fused-ring (bicyclic) bond motifs is 1. The highest BCUT2D eigenvalue weighted by molar-refractivity contribution is 6.31. The molecule has 3 nitrogen and oxygen atoms in total. The van der Waals surface area contributed by atoms with Crippen LogP contribution in [-0.2, 0) is 6.54 Å². The second-order valence-corrected chi connectivity index (χ2v) is 7.74. The van der Waals surface area contributed by atoms with Crippen molar-refractivity contribution < 1.29 is 4.74 Å². The Balaban J connectivity index is 1.89. The molecule has 2 aromatic carbocycles. The highest BCUT2D eigenvalue weighted by Gasteiger charge is 2.31. The van der Waals surface area contributed by atoms with Gasteiger partial charge in [-0.3, -0.25) is 0 Å². The van der Waals surface area contributed by atoms with Crippen molar-refractivity contribution in [1.29, 1.82) is 0 Å². The fourth-order valence-corrected chi connectivity index (χ4v) is 3.48. The van der Waals surface area contributed by atoms with Crippen molar-refractivity contribution in [3.05, 3.63) is 58.1 Å². The van der Waals surface area contributed by atoms with Gasteiger partial charge in [0.05, 0.1) is 6.04 Å². The third-order valence-electron chi connectivity index (χ3n) is 4.45. The summed E-state index contributed by atoms with van der Waals surface area (Å²) < 4.78 is 5.91. The number of rotatable bonds is 3. The van der Waals surface area contributed by atoms with Crippen LogP contribution in [0.5, 0.6) is 5.75 Å². The van der Waals surface area contributed by atoms with Crippen molar-refractivity contribution in [2.24, 2.45) is 5.73 Å². The molecular formula is C20H25ClN2O. The van der Waals surface area contributed by atoms with Crippen molar-refractivity contribution in [2.45, 2.75) is 45.9 Å². The summed E-state index contributed by atoms with van der Waals surface area (Å²) in [6, 6.07) is 12.5. The molecule has 2 aromatic rings. The maximum absolute atomic E-state index is 6.29. The molecule has 1 atom stereocenters. The second-order valence-electron chi connectivity index (χ2n) is 7.33. The molecule has 1 aliphatic heterocycles. The third-order valence-corrected chi connectivity index (χ3v) is 4.86. The third kappa shape index (κ3) is 3.24. The first-order valence-corrected chi connectivity index (χ1v) is 8.71. The van der Waals surface area contributed by atoms with Crippen LogP contribution in [0.25, 0.3) is 0 Å². The molecular weight excluding hydrogens is 320 g/mol. The summed E-state index contributed by atoms with van der Waals surface area (Å²) in [5, 5.41) is 0.820. The largest absolute Gasteiger partial charge is 0.488 e. The van der Waals surface area contributed by atoms with Gasteiger partial charge in [0.25, 0.3) is 0 Å². The second kappa shape index (κ2) is 6.30. The van der Waals surface area contributed by atoms with E-state index in [-0.39, 0.29) is 11.6 Å². The average Bonchev–Trinajstić information content (AvgIpc) is 2.89. The van der Waals surface area contributed by atoms with Crippen LogP contribution < -0.4 is 15.4 Å². The minimum Gasteiger partial charge on any atom is -0.488 e. The van der Waals surface area contributed by atoms with E-state index in [9.17, 15) is 0 Å². The Morgan fingerprint density at radius 3 is 2.42 bits per heavy atom. The van der Waals surface area contributed by atoms with Gasteiger partial charge in [-0.25, -0.2) is 0 Å². The lowest BCUT2D eigenvalue weighted by Crippen LogP contribution is -2.27. The minimum atomic E-state index is -0.195. The molecule has 1 heterocycles. The van der Waals surface area contributed by atoms with Gasteiger partial charge in [-0.05, 0) is 74.7 Å². The number of hydrogen-bond donors (Lipinski definition) is 1. The van der Waals surface area contributed by atoms with Crippen molar-refractivity contribution >= 4 is 17.3 Å². The van der Waals surface area contributed by atoms with E-state index in [0.29, 0.717) is 6.54 Å². The molecule has 0 fully saturated rings. The molecule has 3 rings (SSSR count). The number of hydrogen-bond acceptors (Lipinski definition) is 3. The Hall–Kier alpha value is -1.71. The quantitative estimate of drug-likeness (QED) is 0.865. The van der Waals surface area contributed by atoms with Crippen molar-refractivity contribution in [3.8, 4) is 5.75 Å². The van der Waals surface area contributed by atoms with Gasteiger partial charge in [-0.15, -0.1) is 0 Å². The lowest BCUT2D eigenvalue weighted by molar-refractivity contribution is 0.131. The minimum absolute atomic E-state index is 0.186. The molecule has 2 N–H and O–H groups in total. The van der Waals surface area contributed by atoms with Crippen LogP contribution in [0.1, 0.15) is 43.5 Å². The standard InChI is InChI=1S/C20H25ClN2O/c1-13-17-12-23(19(11-22)16(17)9-10-18(13)21)14-5-7-15(8-6-14)24-20(2,3)4/h5-10,19H,11-12,22H2,1-4H3. The van der Waals surface area contributed by atoms with Gasteiger partial charge in [0.2, 0.25) is 0 Å². The van der Waals surface area contributed by atoms with E-state index in [0.717, 1.165) is 28.6 Å². The predicted molar refractivity (Wildman–Crippen MR) is 101 cm³/mol. The van der Waals surface area contributed by atoms with Crippen LogP contribution in [0.15, 0.2) is 36.4 Å². The van der Waals surface area contributed by atoms with Crippen LogP contribution in [0.4, 0.5) is 5.69 Å². The molecule has 0 aromatic heterocycles. The summed E-state index contributed by atoms with van der Waals surface area (Å²) >= 11 is 6.29. The molecule has 0 saturated carbocycles. The van der Waals surface area contributed by atoms with Crippen LogP contribution in [0.2, 0.25) is 5.02 Å². The molecule has 0 amide bonds. The Bertz CT molecular complexity index is 735. The Labute approximate surface area is 149 Å². The molecule has 0 bridgehead atoms. The Morgan fingerprint density at radius 2 is 1.83 bits per heavy atom. The first-order chi connectivity index (χ1) is 11.3. The molecule has 0 aliphatic carbocycles. The molecule has 0 saturated heterocycles. The van der Waals surface area contributed by atoms with Gasteiger partial charge in [-0.2, -0.15) is 0 Å². The Morgan fingerprint density at radius 1 is 1.17 bits per heavy atom. The fraction of sp³-hybridized carbons (Fsp3) is 0.400. The van der Waals surface area contributed by atoms with Crippen molar-refractivity contribution in [2.75, 3.05) is 11.4 Å². The lowest BCUT2D eigenvalue weighted by Gasteiger charge is -2.27. The predicted octanol–water partition coefficient (Wildman–Crippen LogP) is 4.85. The summed E-state index contributed by atoms with van der Waals surface area (Å²) in [4.78, 5) is 2.34. The van der Waals surface area contributed by atoms with Crippen molar-refractivity contribution in [3.63, 3.8) is 0 Å². The van der Waals surface area contributed by atoms with Crippen LogP contribution >= 0.6 is 11.6 Å². The fourth-order valence-electron chi connectivity index (χ4n) is 3.30. The number of nitrogens with two attached hydrogens (primary N) is 1. The number of halogens is 1. The van der Waals surface area contributed by atoms with Crippen LogP contribution in [-0.4, -0.2) is 12.1 Å². The maximum Gasteiger partial charge on any atom is 0.120 e. The SMILES string of the molecule is Cc1c(Cl)ccc2c1CN(c1ccc(OC(C)(C)C)cc1)C2CN. The molecule has 24 heavy (non-hydrogen) atoms. The topological polar surface area (TPSA) is 38.5 Å². The normalized spacial score (nSPS) is 17.1. The zero-order valence-corrected chi connectivity index (χ0v) is 15.5. The summed E-state index contributed by atoms with van der Waals surface area (Å²) in [5.74, 6) is 0.881. The summed E-state index contributed by atoms with van der Waals surface area (Å²) in [6.07, 6.45) is 0. The number of benzene rings is 2. The van der Waals surface area contributed by atoms with E-state index in [1.165, 1.54) is 11.1 Å². The molecule has 4 heteroatoms. The number of ether oxygens (including phenoxy) is 1. The maximum atomic E-state index is 6.29. The Kier molecular flexibility index (Phi) is 4.50. The summed E-state index contributed by atoms with van der Waals surface area (Å²) in [5.41, 5.74) is 10.8. The summed E-state index contributed by atoms with van der Waals surface area (Å²) in [7, 11) is 0. The zero-order chi connectivity index (χ0) is 17.5. The van der Waals surface area contributed by atoms with E-state index in [1.807, 2.05) is 18.2 Å². The molecule has 0 radical (unpaired) electrons. The van der Waals surface area contributed by atoms with E-state index in [1.54, 1.807) is 0 Å². The van der Waals surface area contributed by atoms with Crippen LogP contribution in [0.3, 0.4) is 0 Å². The molecule has 1 unspecified atom stereocenters. The highest BCUT2D eigenvalue weighted by atomic mass is 35.5. The first-order valence-electron chi connectivity index (χ1n) is 8.34.